The summed E-state index contributed by atoms with van der Waals surface area (Å²) >= 11 is 7.06. The zero-order valence-electron chi connectivity index (χ0n) is 11.1. The van der Waals surface area contributed by atoms with E-state index in [9.17, 15) is 0 Å². The number of nitrogens with zero attached hydrogens (tertiary/aromatic N) is 1. The van der Waals surface area contributed by atoms with E-state index >= 15 is 0 Å². The van der Waals surface area contributed by atoms with E-state index in [1.54, 1.807) is 23.1 Å². The number of aromatic nitrogens is 1. The summed E-state index contributed by atoms with van der Waals surface area (Å²) in [7, 11) is 0. The van der Waals surface area contributed by atoms with Gasteiger partial charge in [0, 0.05) is 26.0 Å². The fourth-order valence-electron chi connectivity index (χ4n) is 1.86. The molecule has 0 radical (unpaired) electrons. The summed E-state index contributed by atoms with van der Waals surface area (Å²) < 4.78 is 1.13. The molecule has 1 heterocycles. The van der Waals surface area contributed by atoms with Gasteiger partial charge < -0.3 is 5.73 Å². The van der Waals surface area contributed by atoms with E-state index in [2.05, 4.69) is 39.5 Å². The van der Waals surface area contributed by atoms with Crippen LogP contribution in [0.2, 0.25) is 0 Å². The van der Waals surface area contributed by atoms with E-state index < -0.39 is 0 Å². The Balaban J connectivity index is 1.71. The molecule has 0 saturated carbocycles. The molecular weight excluding hydrogens is 364 g/mol. The van der Waals surface area contributed by atoms with Gasteiger partial charge in [-0.25, -0.2) is 4.98 Å². The molecule has 2 nitrogen and oxygen atoms in total. The van der Waals surface area contributed by atoms with E-state index in [0.717, 1.165) is 32.2 Å². The third-order valence-electron chi connectivity index (χ3n) is 2.95. The maximum absolute atomic E-state index is 5.71. The number of halogens is 1. The molecule has 21 heavy (non-hydrogen) atoms. The molecule has 0 aliphatic rings. The van der Waals surface area contributed by atoms with Gasteiger partial charge in [-0.2, -0.15) is 0 Å². The second-order valence-electron chi connectivity index (χ2n) is 4.47. The minimum Gasteiger partial charge on any atom is -0.399 e. The Kier molecular flexibility index (Phi) is 4.63. The highest BCUT2D eigenvalue weighted by molar-refractivity contribution is 9.10. The van der Waals surface area contributed by atoms with Gasteiger partial charge in [-0.15, -0.1) is 23.1 Å². The lowest BCUT2D eigenvalue weighted by molar-refractivity contribution is 1.26. The molecule has 0 atom stereocenters. The number of rotatable bonds is 4. The monoisotopic (exact) mass is 376 g/mol. The number of benzene rings is 2. The van der Waals surface area contributed by atoms with Gasteiger partial charge in [-0.1, -0.05) is 24.3 Å². The molecule has 0 fully saturated rings. The Morgan fingerprint density at radius 3 is 2.62 bits per heavy atom. The summed E-state index contributed by atoms with van der Waals surface area (Å²) in [5.74, 6) is 0.877. The molecule has 5 heteroatoms. The van der Waals surface area contributed by atoms with E-state index in [1.165, 1.54) is 4.90 Å². The lowest BCUT2D eigenvalue weighted by Crippen LogP contribution is -1.85. The normalized spacial score (nSPS) is 10.7. The van der Waals surface area contributed by atoms with Crippen LogP contribution < -0.4 is 5.73 Å². The second kappa shape index (κ2) is 6.64. The molecule has 0 aliphatic heterocycles. The zero-order valence-corrected chi connectivity index (χ0v) is 14.3. The van der Waals surface area contributed by atoms with Crippen molar-refractivity contribution in [2.24, 2.45) is 0 Å². The predicted octanol–water partition coefficient (Wildman–Crippen LogP) is 5.45. The highest BCUT2D eigenvalue weighted by atomic mass is 79.9. The van der Waals surface area contributed by atoms with Crippen molar-refractivity contribution < 1.29 is 0 Å². The van der Waals surface area contributed by atoms with Crippen molar-refractivity contribution in [3.05, 3.63) is 63.4 Å². The first-order valence-corrected chi connectivity index (χ1v) is 9.06. The molecule has 0 unspecified atom stereocenters. The predicted molar refractivity (Wildman–Crippen MR) is 95.7 cm³/mol. The van der Waals surface area contributed by atoms with Gasteiger partial charge in [0.15, 0.2) is 0 Å². The molecule has 0 bridgehead atoms. The standard InChI is InChI=1S/C16H13BrN2S2/c17-13-3-1-2-4-15(13)20-10-16-19-14(9-21-16)11-5-7-12(18)8-6-11/h1-9H,10,18H2. The van der Waals surface area contributed by atoms with Crippen LogP contribution in [0.1, 0.15) is 5.01 Å². The largest absolute Gasteiger partial charge is 0.399 e. The first-order valence-electron chi connectivity index (χ1n) is 6.40. The molecule has 2 aromatic carbocycles. The van der Waals surface area contributed by atoms with Gasteiger partial charge in [-0.05, 0) is 40.2 Å². The number of thioether (sulfide) groups is 1. The van der Waals surface area contributed by atoms with Crippen LogP contribution in [-0.4, -0.2) is 4.98 Å². The molecule has 0 aliphatic carbocycles. The number of nitrogen functional groups attached to an aromatic ring is 1. The van der Waals surface area contributed by atoms with Crippen molar-refractivity contribution >= 4 is 44.7 Å². The van der Waals surface area contributed by atoms with Crippen LogP contribution in [0.4, 0.5) is 5.69 Å². The lowest BCUT2D eigenvalue weighted by Gasteiger charge is -2.01. The number of thiazole rings is 1. The van der Waals surface area contributed by atoms with Crippen LogP contribution in [0, 0.1) is 0 Å². The summed E-state index contributed by atoms with van der Waals surface area (Å²) in [5, 5.41) is 3.23. The first-order chi connectivity index (χ1) is 10.2. The first kappa shape index (κ1) is 14.6. The zero-order chi connectivity index (χ0) is 14.7. The molecular formula is C16H13BrN2S2. The fourth-order valence-corrected chi connectivity index (χ4v) is 4.25. The topological polar surface area (TPSA) is 38.9 Å². The number of hydrogen-bond donors (Lipinski definition) is 1. The molecule has 106 valence electrons. The van der Waals surface area contributed by atoms with Gasteiger partial charge in [0.1, 0.15) is 5.01 Å². The van der Waals surface area contributed by atoms with E-state index in [4.69, 9.17) is 10.7 Å². The Morgan fingerprint density at radius 1 is 1.10 bits per heavy atom. The number of hydrogen-bond acceptors (Lipinski definition) is 4. The summed E-state index contributed by atoms with van der Waals surface area (Å²) in [6, 6.07) is 16.1. The van der Waals surface area contributed by atoms with Crippen molar-refractivity contribution in [1.82, 2.24) is 4.98 Å². The molecule has 2 N–H and O–H groups in total. The van der Waals surface area contributed by atoms with Gasteiger partial charge in [0.25, 0.3) is 0 Å². The van der Waals surface area contributed by atoms with Crippen LogP contribution in [0.15, 0.2) is 63.3 Å². The quantitative estimate of drug-likeness (QED) is 0.486. The highest BCUT2D eigenvalue weighted by Crippen LogP contribution is 2.31. The minimum atomic E-state index is 0.777. The Morgan fingerprint density at radius 2 is 1.86 bits per heavy atom. The Bertz CT molecular complexity index is 738. The molecule has 0 spiro atoms. The van der Waals surface area contributed by atoms with Crippen LogP contribution in [-0.2, 0) is 5.75 Å². The summed E-state index contributed by atoms with van der Waals surface area (Å²) in [6.45, 7) is 0. The maximum Gasteiger partial charge on any atom is 0.104 e. The van der Waals surface area contributed by atoms with Crippen LogP contribution >= 0.6 is 39.0 Å². The van der Waals surface area contributed by atoms with E-state index in [1.807, 2.05) is 30.3 Å². The molecule has 3 aromatic rings. The third kappa shape index (κ3) is 3.67. The van der Waals surface area contributed by atoms with E-state index in [0.29, 0.717) is 0 Å². The Hall–Kier alpha value is -1.30. The molecule has 0 amide bonds. The smallest absolute Gasteiger partial charge is 0.104 e. The maximum atomic E-state index is 5.71. The van der Waals surface area contributed by atoms with Crippen molar-refractivity contribution in [2.75, 3.05) is 5.73 Å². The SMILES string of the molecule is Nc1ccc(-c2csc(CSc3ccccc3Br)n2)cc1. The molecule has 1 aromatic heterocycles. The second-order valence-corrected chi connectivity index (χ2v) is 7.28. The van der Waals surface area contributed by atoms with Gasteiger partial charge in [0.2, 0.25) is 0 Å². The van der Waals surface area contributed by atoms with Gasteiger partial charge >= 0.3 is 0 Å². The summed E-state index contributed by atoms with van der Waals surface area (Å²) in [4.78, 5) is 5.93. The van der Waals surface area contributed by atoms with Gasteiger partial charge in [0.05, 0.1) is 11.4 Å². The molecule has 0 saturated heterocycles. The average molecular weight is 377 g/mol. The van der Waals surface area contributed by atoms with Crippen molar-refractivity contribution in [1.29, 1.82) is 0 Å². The van der Waals surface area contributed by atoms with Crippen LogP contribution in [0.3, 0.4) is 0 Å². The van der Waals surface area contributed by atoms with Crippen molar-refractivity contribution in [3.63, 3.8) is 0 Å². The van der Waals surface area contributed by atoms with Crippen molar-refractivity contribution in [2.45, 2.75) is 10.6 Å². The number of anilines is 1. The van der Waals surface area contributed by atoms with Gasteiger partial charge in [-0.3, -0.25) is 0 Å². The van der Waals surface area contributed by atoms with Crippen LogP contribution in [0.25, 0.3) is 11.3 Å². The van der Waals surface area contributed by atoms with Crippen LogP contribution in [0.5, 0.6) is 0 Å². The summed E-state index contributed by atoms with van der Waals surface area (Å²) in [5.41, 5.74) is 8.61. The highest BCUT2D eigenvalue weighted by Gasteiger charge is 2.06. The Labute approximate surface area is 140 Å². The minimum absolute atomic E-state index is 0.777. The fraction of sp³-hybridized carbons (Fsp3) is 0.0625. The van der Waals surface area contributed by atoms with E-state index in [-0.39, 0.29) is 0 Å². The third-order valence-corrected chi connectivity index (χ3v) is 6.02. The van der Waals surface area contributed by atoms with Crippen molar-refractivity contribution in [3.8, 4) is 11.3 Å². The molecule has 3 rings (SSSR count). The number of nitrogens with two attached hydrogens (primary N) is 1. The lowest BCUT2D eigenvalue weighted by atomic mass is 10.1. The summed E-state index contributed by atoms with van der Waals surface area (Å²) in [6.07, 6.45) is 0. The average Bonchev–Trinajstić information content (AvgIpc) is 2.96.